The minimum atomic E-state index is 0.528. The Morgan fingerprint density at radius 1 is 1.37 bits per heavy atom. The van der Waals surface area contributed by atoms with Gasteiger partial charge in [-0.05, 0) is 62.9 Å². The van der Waals surface area contributed by atoms with Gasteiger partial charge in [0, 0.05) is 6.61 Å². The van der Waals surface area contributed by atoms with Crippen molar-refractivity contribution in [2.75, 3.05) is 26.8 Å². The van der Waals surface area contributed by atoms with Crippen molar-refractivity contribution >= 4 is 0 Å². The van der Waals surface area contributed by atoms with Crippen LogP contribution >= 0.6 is 0 Å². The lowest BCUT2D eigenvalue weighted by atomic mass is 10.1. The average Bonchev–Trinajstić information content (AvgIpc) is 2.96. The van der Waals surface area contributed by atoms with E-state index in [1.54, 1.807) is 7.11 Å². The molecule has 1 aliphatic rings. The Bertz CT molecular complexity index is 362. The van der Waals surface area contributed by atoms with Crippen LogP contribution in [0.4, 0.5) is 0 Å². The van der Waals surface area contributed by atoms with Gasteiger partial charge < -0.3 is 14.8 Å². The minimum Gasteiger partial charge on any atom is -0.497 e. The Labute approximate surface area is 116 Å². The zero-order valence-corrected chi connectivity index (χ0v) is 11.9. The molecule has 1 aromatic rings. The fourth-order valence-electron chi connectivity index (χ4n) is 2.51. The number of hydrogen-bond acceptors (Lipinski definition) is 3. The van der Waals surface area contributed by atoms with Crippen LogP contribution < -0.4 is 10.1 Å². The molecule has 0 bridgehead atoms. The van der Waals surface area contributed by atoms with Crippen LogP contribution in [0.1, 0.15) is 31.2 Å². The molecule has 19 heavy (non-hydrogen) atoms. The first kappa shape index (κ1) is 14.4. The van der Waals surface area contributed by atoms with Gasteiger partial charge in [-0.25, -0.2) is 0 Å². The second kappa shape index (κ2) is 8.18. The van der Waals surface area contributed by atoms with Crippen molar-refractivity contribution in [3.8, 4) is 5.75 Å². The van der Waals surface area contributed by atoms with Crippen molar-refractivity contribution < 1.29 is 9.47 Å². The molecule has 3 heteroatoms. The molecule has 0 aromatic heterocycles. The highest BCUT2D eigenvalue weighted by atomic mass is 16.5. The molecule has 1 heterocycles. The van der Waals surface area contributed by atoms with E-state index < -0.39 is 0 Å². The Balaban J connectivity index is 1.53. The molecule has 3 nitrogen and oxygen atoms in total. The summed E-state index contributed by atoms with van der Waals surface area (Å²) in [7, 11) is 1.71. The highest BCUT2D eigenvalue weighted by Crippen LogP contribution is 2.16. The largest absolute Gasteiger partial charge is 0.497 e. The first-order valence-electron chi connectivity index (χ1n) is 7.34. The molecular formula is C16H25NO2. The molecule has 0 radical (unpaired) electrons. The van der Waals surface area contributed by atoms with Gasteiger partial charge in [-0.1, -0.05) is 12.1 Å². The van der Waals surface area contributed by atoms with Crippen LogP contribution in [-0.2, 0) is 11.2 Å². The number of methoxy groups -OCH3 is 1. The van der Waals surface area contributed by atoms with E-state index in [9.17, 15) is 0 Å². The topological polar surface area (TPSA) is 30.5 Å². The molecule has 2 rings (SSSR count). The monoisotopic (exact) mass is 263 g/mol. The van der Waals surface area contributed by atoms with Gasteiger partial charge in [-0.15, -0.1) is 0 Å². The van der Waals surface area contributed by atoms with Crippen molar-refractivity contribution in [3.63, 3.8) is 0 Å². The maximum Gasteiger partial charge on any atom is 0.119 e. The van der Waals surface area contributed by atoms with Gasteiger partial charge in [0.25, 0.3) is 0 Å². The van der Waals surface area contributed by atoms with Crippen molar-refractivity contribution in [2.45, 2.75) is 38.2 Å². The third kappa shape index (κ3) is 5.21. The Morgan fingerprint density at radius 3 is 3.11 bits per heavy atom. The van der Waals surface area contributed by atoms with E-state index in [1.165, 1.54) is 31.2 Å². The number of ether oxygens (including phenoxy) is 2. The number of nitrogens with one attached hydrogen (secondary N) is 1. The quantitative estimate of drug-likeness (QED) is 0.732. The normalized spacial score (nSPS) is 18.7. The summed E-state index contributed by atoms with van der Waals surface area (Å²) in [5, 5.41) is 3.50. The highest BCUT2D eigenvalue weighted by molar-refractivity contribution is 5.28. The van der Waals surface area contributed by atoms with E-state index in [0.29, 0.717) is 6.10 Å². The fraction of sp³-hybridized carbons (Fsp3) is 0.625. The lowest BCUT2D eigenvalue weighted by Crippen LogP contribution is -2.20. The fourth-order valence-corrected chi connectivity index (χ4v) is 2.51. The smallest absolute Gasteiger partial charge is 0.119 e. The van der Waals surface area contributed by atoms with Gasteiger partial charge in [0.05, 0.1) is 13.2 Å². The molecular weight excluding hydrogens is 238 g/mol. The third-order valence-electron chi connectivity index (χ3n) is 3.63. The molecule has 0 saturated carbocycles. The zero-order valence-electron chi connectivity index (χ0n) is 11.9. The van der Waals surface area contributed by atoms with E-state index in [0.717, 1.165) is 31.9 Å². The lowest BCUT2D eigenvalue weighted by molar-refractivity contribution is 0.102. The molecule has 1 aliphatic heterocycles. The summed E-state index contributed by atoms with van der Waals surface area (Å²) < 4.78 is 10.8. The maximum atomic E-state index is 5.61. The van der Waals surface area contributed by atoms with E-state index in [2.05, 4.69) is 17.4 Å². The molecule has 106 valence electrons. The van der Waals surface area contributed by atoms with Gasteiger partial charge in [0.2, 0.25) is 0 Å². The highest BCUT2D eigenvalue weighted by Gasteiger charge is 2.14. The standard InChI is InChI=1S/C16H25NO2/c1-18-16-6-2-5-14(13-16)9-11-17-10-3-7-15-8-4-12-19-15/h2,5-6,13,15,17H,3-4,7-12H2,1H3. The second-order valence-electron chi connectivity index (χ2n) is 5.13. The Morgan fingerprint density at radius 2 is 2.32 bits per heavy atom. The maximum absolute atomic E-state index is 5.61. The minimum absolute atomic E-state index is 0.528. The summed E-state index contributed by atoms with van der Waals surface area (Å²) in [5.41, 5.74) is 1.32. The molecule has 1 N–H and O–H groups in total. The number of rotatable bonds is 8. The molecule has 1 aromatic carbocycles. The molecule has 1 unspecified atom stereocenters. The van der Waals surface area contributed by atoms with Crippen LogP contribution in [0.3, 0.4) is 0 Å². The summed E-state index contributed by atoms with van der Waals surface area (Å²) in [5.74, 6) is 0.941. The van der Waals surface area contributed by atoms with Crippen LogP contribution in [-0.4, -0.2) is 32.9 Å². The van der Waals surface area contributed by atoms with Crippen LogP contribution in [0.5, 0.6) is 5.75 Å². The SMILES string of the molecule is COc1cccc(CCNCCCC2CCCO2)c1. The van der Waals surface area contributed by atoms with Gasteiger partial charge >= 0.3 is 0 Å². The average molecular weight is 263 g/mol. The number of hydrogen-bond donors (Lipinski definition) is 1. The van der Waals surface area contributed by atoms with E-state index in [-0.39, 0.29) is 0 Å². The third-order valence-corrected chi connectivity index (χ3v) is 3.63. The molecule has 1 saturated heterocycles. The van der Waals surface area contributed by atoms with Gasteiger partial charge in [0.15, 0.2) is 0 Å². The van der Waals surface area contributed by atoms with Crippen molar-refractivity contribution in [3.05, 3.63) is 29.8 Å². The van der Waals surface area contributed by atoms with E-state index in [4.69, 9.17) is 9.47 Å². The first-order chi connectivity index (χ1) is 9.38. The number of benzene rings is 1. The predicted octanol–water partition coefficient (Wildman–Crippen LogP) is 2.79. The van der Waals surface area contributed by atoms with Crippen LogP contribution in [0.25, 0.3) is 0 Å². The Hall–Kier alpha value is -1.06. The summed E-state index contributed by atoms with van der Waals surface area (Å²) in [6, 6.07) is 8.29. The van der Waals surface area contributed by atoms with Crippen LogP contribution in [0.2, 0.25) is 0 Å². The van der Waals surface area contributed by atoms with Crippen LogP contribution in [0, 0.1) is 0 Å². The lowest BCUT2D eigenvalue weighted by Gasteiger charge is -2.09. The van der Waals surface area contributed by atoms with E-state index >= 15 is 0 Å². The summed E-state index contributed by atoms with van der Waals surface area (Å²) in [6.07, 6.45) is 6.49. The molecule has 1 fully saturated rings. The summed E-state index contributed by atoms with van der Waals surface area (Å²) in [6.45, 7) is 3.08. The zero-order chi connectivity index (χ0) is 13.3. The molecule has 0 spiro atoms. The van der Waals surface area contributed by atoms with E-state index in [1.807, 2.05) is 12.1 Å². The molecule has 0 amide bonds. The van der Waals surface area contributed by atoms with Gasteiger partial charge in [0.1, 0.15) is 5.75 Å². The predicted molar refractivity (Wildman–Crippen MR) is 77.8 cm³/mol. The molecule has 1 atom stereocenters. The van der Waals surface area contributed by atoms with Crippen molar-refractivity contribution in [2.24, 2.45) is 0 Å². The van der Waals surface area contributed by atoms with Crippen molar-refractivity contribution in [1.29, 1.82) is 0 Å². The summed E-state index contributed by atoms with van der Waals surface area (Å²) in [4.78, 5) is 0. The Kier molecular flexibility index (Phi) is 6.18. The van der Waals surface area contributed by atoms with Gasteiger partial charge in [-0.2, -0.15) is 0 Å². The van der Waals surface area contributed by atoms with Crippen molar-refractivity contribution in [1.82, 2.24) is 5.32 Å². The first-order valence-corrected chi connectivity index (χ1v) is 7.34. The summed E-state index contributed by atoms with van der Waals surface area (Å²) >= 11 is 0. The second-order valence-corrected chi connectivity index (χ2v) is 5.13. The van der Waals surface area contributed by atoms with Gasteiger partial charge in [-0.3, -0.25) is 0 Å². The van der Waals surface area contributed by atoms with Crippen LogP contribution in [0.15, 0.2) is 24.3 Å². The molecule has 0 aliphatic carbocycles.